The zero-order valence-corrected chi connectivity index (χ0v) is 9.19. The second kappa shape index (κ2) is 3.62. The molecule has 0 saturated heterocycles. The molecular formula is C12H10N2O3. The third kappa shape index (κ3) is 1.47. The first-order chi connectivity index (χ1) is 8.29. The molecule has 86 valence electrons. The van der Waals surface area contributed by atoms with E-state index in [0.29, 0.717) is 17.1 Å². The Balaban J connectivity index is 2.18. The van der Waals surface area contributed by atoms with Crippen molar-refractivity contribution in [3.8, 4) is 22.8 Å². The number of aldehydes is 1. The molecule has 0 unspecified atom stereocenters. The van der Waals surface area contributed by atoms with E-state index in [9.17, 15) is 4.79 Å². The van der Waals surface area contributed by atoms with Gasteiger partial charge in [-0.2, -0.15) is 0 Å². The van der Waals surface area contributed by atoms with E-state index in [-0.39, 0.29) is 6.79 Å². The van der Waals surface area contributed by atoms with Crippen molar-refractivity contribution < 1.29 is 14.3 Å². The number of aromatic amines is 1. The van der Waals surface area contributed by atoms with Gasteiger partial charge in [0.15, 0.2) is 17.8 Å². The molecule has 1 aliphatic heterocycles. The molecule has 0 spiro atoms. The van der Waals surface area contributed by atoms with Crippen LogP contribution in [0.15, 0.2) is 18.5 Å². The number of H-pyrrole nitrogens is 1. The van der Waals surface area contributed by atoms with E-state index in [2.05, 4.69) is 9.97 Å². The van der Waals surface area contributed by atoms with Crippen molar-refractivity contribution in [2.24, 2.45) is 0 Å². The van der Waals surface area contributed by atoms with Gasteiger partial charge in [0, 0.05) is 5.56 Å². The van der Waals surface area contributed by atoms with E-state index in [4.69, 9.17) is 9.47 Å². The quantitative estimate of drug-likeness (QED) is 0.800. The molecule has 0 saturated carbocycles. The van der Waals surface area contributed by atoms with Crippen LogP contribution in [-0.2, 0) is 0 Å². The number of rotatable bonds is 2. The Morgan fingerprint density at radius 1 is 1.35 bits per heavy atom. The highest BCUT2D eigenvalue weighted by Crippen LogP contribution is 2.38. The van der Waals surface area contributed by atoms with Crippen LogP contribution < -0.4 is 9.47 Å². The Kier molecular flexibility index (Phi) is 2.11. The second-order valence-electron chi connectivity index (χ2n) is 3.80. The molecule has 0 amide bonds. The summed E-state index contributed by atoms with van der Waals surface area (Å²) >= 11 is 0. The minimum atomic E-state index is 0.235. The molecule has 1 aromatic carbocycles. The first-order valence-electron chi connectivity index (χ1n) is 5.19. The van der Waals surface area contributed by atoms with Crippen LogP contribution in [0.4, 0.5) is 0 Å². The average molecular weight is 230 g/mol. The highest BCUT2D eigenvalue weighted by atomic mass is 16.7. The van der Waals surface area contributed by atoms with Crippen LogP contribution in [0.1, 0.15) is 16.1 Å². The van der Waals surface area contributed by atoms with Crippen molar-refractivity contribution in [1.82, 2.24) is 9.97 Å². The van der Waals surface area contributed by atoms with Crippen LogP contribution in [-0.4, -0.2) is 23.0 Å². The third-order valence-corrected chi connectivity index (χ3v) is 2.76. The van der Waals surface area contributed by atoms with E-state index in [1.807, 2.05) is 19.1 Å². The summed E-state index contributed by atoms with van der Waals surface area (Å²) in [7, 11) is 0. The SMILES string of the molecule is Cc1cc2c(cc1-c1nc[nH]c1C=O)OCO2. The van der Waals surface area contributed by atoms with E-state index in [1.54, 1.807) is 0 Å². The maximum Gasteiger partial charge on any atom is 0.231 e. The lowest BCUT2D eigenvalue weighted by atomic mass is 10.0. The van der Waals surface area contributed by atoms with Crippen LogP contribution in [0.25, 0.3) is 11.3 Å². The van der Waals surface area contributed by atoms with Gasteiger partial charge in [0.1, 0.15) is 5.69 Å². The smallest absolute Gasteiger partial charge is 0.231 e. The molecular weight excluding hydrogens is 220 g/mol. The zero-order chi connectivity index (χ0) is 11.8. The van der Waals surface area contributed by atoms with E-state index >= 15 is 0 Å². The number of hydrogen-bond donors (Lipinski definition) is 1. The van der Waals surface area contributed by atoms with Crippen LogP contribution in [0, 0.1) is 6.92 Å². The van der Waals surface area contributed by atoms with Crippen LogP contribution in [0.5, 0.6) is 11.5 Å². The molecule has 0 aliphatic carbocycles. The van der Waals surface area contributed by atoms with Gasteiger partial charge in [0.25, 0.3) is 0 Å². The van der Waals surface area contributed by atoms with Gasteiger partial charge in [0.2, 0.25) is 6.79 Å². The van der Waals surface area contributed by atoms with Gasteiger partial charge in [-0.1, -0.05) is 0 Å². The number of fused-ring (bicyclic) bond motifs is 1. The van der Waals surface area contributed by atoms with Gasteiger partial charge in [-0.05, 0) is 24.6 Å². The predicted octanol–water partition coefficient (Wildman–Crippen LogP) is 1.93. The molecule has 0 atom stereocenters. The normalized spacial score (nSPS) is 12.8. The van der Waals surface area contributed by atoms with Gasteiger partial charge in [0.05, 0.1) is 12.0 Å². The van der Waals surface area contributed by atoms with Crippen LogP contribution >= 0.6 is 0 Å². The fourth-order valence-electron chi connectivity index (χ4n) is 1.91. The molecule has 5 nitrogen and oxygen atoms in total. The van der Waals surface area contributed by atoms with Crippen molar-refractivity contribution >= 4 is 6.29 Å². The summed E-state index contributed by atoms with van der Waals surface area (Å²) in [4.78, 5) is 17.8. The first kappa shape index (κ1) is 9.89. The van der Waals surface area contributed by atoms with Crippen molar-refractivity contribution in [3.05, 3.63) is 29.7 Å². The molecule has 1 aliphatic rings. The third-order valence-electron chi connectivity index (χ3n) is 2.76. The summed E-state index contributed by atoms with van der Waals surface area (Å²) in [5.41, 5.74) is 2.96. The fourth-order valence-corrected chi connectivity index (χ4v) is 1.91. The minimum Gasteiger partial charge on any atom is -0.454 e. The molecule has 5 heteroatoms. The van der Waals surface area contributed by atoms with Crippen molar-refractivity contribution in [2.45, 2.75) is 6.92 Å². The van der Waals surface area contributed by atoms with Gasteiger partial charge in [-0.3, -0.25) is 4.79 Å². The van der Waals surface area contributed by atoms with Gasteiger partial charge >= 0.3 is 0 Å². The maximum atomic E-state index is 10.9. The number of ether oxygens (including phenoxy) is 2. The molecule has 0 fully saturated rings. The van der Waals surface area contributed by atoms with E-state index < -0.39 is 0 Å². The van der Waals surface area contributed by atoms with Gasteiger partial charge in [-0.25, -0.2) is 4.98 Å². The number of nitrogens with one attached hydrogen (secondary N) is 1. The number of hydrogen-bond acceptors (Lipinski definition) is 4. The molecule has 3 rings (SSSR count). The van der Waals surface area contributed by atoms with Crippen LogP contribution in [0.2, 0.25) is 0 Å². The fraction of sp³-hybridized carbons (Fsp3) is 0.167. The Labute approximate surface area is 97.4 Å². The number of nitrogens with zero attached hydrogens (tertiary/aromatic N) is 1. The lowest BCUT2D eigenvalue weighted by Crippen LogP contribution is -1.92. The Morgan fingerprint density at radius 2 is 2.12 bits per heavy atom. The highest BCUT2D eigenvalue weighted by Gasteiger charge is 2.18. The summed E-state index contributed by atoms with van der Waals surface area (Å²) in [6.45, 7) is 2.18. The van der Waals surface area contributed by atoms with Crippen molar-refractivity contribution in [2.75, 3.05) is 6.79 Å². The Morgan fingerprint density at radius 3 is 2.88 bits per heavy atom. The summed E-state index contributed by atoms with van der Waals surface area (Å²) < 4.78 is 10.6. The van der Waals surface area contributed by atoms with Crippen LogP contribution in [0.3, 0.4) is 0 Å². The lowest BCUT2D eigenvalue weighted by molar-refractivity contribution is 0.112. The Bertz CT molecular complexity index is 589. The minimum absolute atomic E-state index is 0.235. The lowest BCUT2D eigenvalue weighted by Gasteiger charge is -2.05. The molecule has 2 heterocycles. The molecule has 1 N–H and O–H groups in total. The predicted molar refractivity (Wildman–Crippen MR) is 60.3 cm³/mol. The molecule has 17 heavy (non-hydrogen) atoms. The first-order valence-corrected chi connectivity index (χ1v) is 5.19. The Hall–Kier alpha value is -2.30. The largest absolute Gasteiger partial charge is 0.454 e. The topological polar surface area (TPSA) is 64.2 Å². The molecule has 1 aromatic heterocycles. The van der Waals surface area contributed by atoms with Crippen molar-refractivity contribution in [1.29, 1.82) is 0 Å². The number of aryl methyl sites for hydroxylation is 1. The summed E-state index contributed by atoms with van der Waals surface area (Å²) in [6, 6.07) is 3.74. The number of aromatic nitrogens is 2. The average Bonchev–Trinajstić information content (AvgIpc) is 2.94. The van der Waals surface area contributed by atoms with Gasteiger partial charge in [-0.15, -0.1) is 0 Å². The number of carbonyl (C=O) groups excluding carboxylic acids is 1. The molecule has 2 aromatic rings. The number of imidazole rings is 1. The van der Waals surface area contributed by atoms with Gasteiger partial charge < -0.3 is 14.5 Å². The summed E-state index contributed by atoms with van der Waals surface area (Å²) in [6.07, 6.45) is 2.26. The van der Waals surface area contributed by atoms with Crippen molar-refractivity contribution in [3.63, 3.8) is 0 Å². The number of carbonyl (C=O) groups is 1. The zero-order valence-electron chi connectivity index (χ0n) is 9.19. The monoisotopic (exact) mass is 230 g/mol. The standard InChI is InChI=1S/C12H10N2O3/c1-7-2-10-11(17-6-16-10)3-8(7)12-9(4-15)13-5-14-12/h2-5H,6H2,1H3,(H,13,14). The summed E-state index contributed by atoms with van der Waals surface area (Å²) in [5.74, 6) is 1.42. The van der Waals surface area contributed by atoms with E-state index in [0.717, 1.165) is 23.2 Å². The molecule has 0 radical (unpaired) electrons. The maximum absolute atomic E-state index is 10.9. The molecule has 0 bridgehead atoms. The number of benzene rings is 1. The second-order valence-corrected chi connectivity index (χ2v) is 3.80. The van der Waals surface area contributed by atoms with E-state index in [1.165, 1.54) is 6.33 Å². The highest BCUT2D eigenvalue weighted by molar-refractivity contribution is 5.85. The summed E-state index contributed by atoms with van der Waals surface area (Å²) in [5, 5.41) is 0.